The second-order valence-corrected chi connectivity index (χ2v) is 3.72. The Morgan fingerprint density at radius 3 is 2.60 bits per heavy atom. The van der Waals surface area contributed by atoms with Gasteiger partial charge in [0.2, 0.25) is 5.79 Å². The van der Waals surface area contributed by atoms with E-state index < -0.39 is 11.9 Å². The second kappa shape index (κ2) is 7.90. The monoisotopic (exact) mass is 284 g/mol. The van der Waals surface area contributed by atoms with Crippen molar-refractivity contribution >= 4 is 22.1 Å². The van der Waals surface area contributed by atoms with E-state index in [-0.39, 0.29) is 5.52 Å². The molecule has 6 heteroatoms. The summed E-state index contributed by atoms with van der Waals surface area (Å²) in [7, 11) is 0. The Labute approximate surface area is 98.1 Å². The Bertz CT molecular complexity index is 183. The molecule has 0 aromatic carbocycles. The van der Waals surface area contributed by atoms with Gasteiger partial charge in [0.1, 0.15) is 5.52 Å². The van der Waals surface area contributed by atoms with Crippen molar-refractivity contribution in [3.05, 3.63) is 0 Å². The topological polar surface area (TPSA) is 54.0 Å². The molecule has 0 rings (SSSR count). The summed E-state index contributed by atoms with van der Waals surface area (Å²) in [6.07, 6.45) is 1.09. The fourth-order valence-electron chi connectivity index (χ4n) is 0.679. The SMILES string of the molecule is CCCCOOC(C)(C)OC(=O)OCBr. The van der Waals surface area contributed by atoms with E-state index in [2.05, 4.69) is 20.7 Å². The number of carbonyl (C=O) groups excluding carboxylic acids is 1. The van der Waals surface area contributed by atoms with Crippen LogP contribution in [0.1, 0.15) is 33.6 Å². The first kappa shape index (κ1) is 14.7. The first-order valence-corrected chi connectivity index (χ1v) is 5.86. The first-order chi connectivity index (χ1) is 7.02. The van der Waals surface area contributed by atoms with Crippen LogP contribution in [0.15, 0.2) is 0 Å². The van der Waals surface area contributed by atoms with Crippen LogP contribution in [-0.4, -0.2) is 24.1 Å². The molecule has 0 bridgehead atoms. The largest absolute Gasteiger partial charge is 0.511 e. The molecule has 0 aromatic heterocycles. The Kier molecular flexibility index (Phi) is 7.72. The van der Waals surface area contributed by atoms with Crippen LogP contribution in [0.2, 0.25) is 0 Å². The molecule has 0 aliphatic carbocycles. The molecule has 5 nitrogen and oxygen atoms in total. The van der Waals surface area contributed by atoms with Gasteiger partial charge in [0.15, 0.2) is 0 Å². The Hall–Kier alpha value is -0.330. The van der Waals surface area contributed by atoms with Gasteiger partial charge in [-0.25, -0.2) is 9.68 Å². The molecule has 0 saturated heterocycles. The van der Waals surface area contributed by atoms with Crippen LogP contribution in [0.4, 0.5) is 4.79 Å². The number of hydrogen-bond donors (Lipinski definition) is 0. The molecular formula is C9H17BrO5. The van der Waals surface area contributed by atoms with Crippen LogP contribution in [0.3, 0.4) is 0 Å². The first-order valence-electron chi connectivity index (χ1n) is 4.74. The molecule has 0 fully saturated rings. The van der Waals surface area contributed by atoms with Crippen LogP contribution >= 0.6 is 15.9 Å². The Morgan fingerprint density at radius 1 is 1.40 bits per heavy atom. The van der Waals surface area contributed by atoms with E-state index in [1.807, 2.05) is 6.92 Å². The maximum absolute atomic E-state index is 10.9. The van der Waals surface area contributed by atoms with E-state index in [4.69, 9.17) is 14.5 Å². The predicted molar refractivity (Wildman–Crippen MR) is 57.4 cm³/mol. The molecule has 0 aliphatic heterocycles. The summed E-state index contributed by atoms with van der Waals surface area (Å²) in [6, 6.07) is 0. The molecule has 0 aromatic rings. The average Bonchev–Trinajstić information content (AvgIpc) is 2.12. The normalized spacial score (nSPS) is 11.2. The van der Waals surface area contributed by atoms with E-state index in [1.54, 1.807) is 13.8 Å². The van der Waals surface area contributed by atoms with Crippen molar-refractivity contribution < 1.29 is 24.0 Å². The van der Waals surface area contributed by atoms with Crippen LogP contribution in [-0.2, 0) is 19.2 Å². The molecule has 0 saturated carbocycles. The molecule has 0 atom stereocenters. The third-order valence-corrected chi connectivity index (χ3v) is 1.57. The lowest BCUT2D eigenvalue weighted by Crippen LogP contribution is -2.31. The fraction of sp³-hybridized carbons (Fsp3) is 0.889. The van der Waals surface area contributed by atoms with Crippen LogP contribution in [0.5, 0.6) is 0 Å². The molecule has 0 unspecified atom stereocenters. The van der Waals surface area contributed by atoms with Crippen molar-refractivity contribution in [2.45, 2.75) is 39.4 Å². The number of hydrogen-bond acceptors (Lipinski definition) is 5. The van der Waals surface area contributed by atoms with Crippen molar-refractivity contribution in [3.63, 3.8) is 0 Å². The number of alkyl halides is 1. The maximum Gasteiger partial charge on any atom is 0.511 e. The quantitative estimate of drug-likeness (QED) is 0.180. The Morgan fingerprint density at radius 2 is 2.07 bits per heavy atom. The lowest BCUT2D eigenvalue weighted by atomic mass is 10.4. The molecule has 0 aliphatic rings. The van der Waals surface area contributed by atoms with E-state index in [9.17, 15) is 4.79 Å². The van der Waals surface area contributed by atoms with Gasteiger partial charge in [0.25, 0.3) is 0 Å². The molecule has 90 valence electrons. The molecule has 15 heavy (non-hydrogen) atoms. The molecule has 0 amide bonds. The summed E-state index contributed by atoms with van der Waals surface area (Å²) in [4.78, 5) is 20.7. The summed E-state index contributed by atoms with van der Waals surface area (Å²) < 4.78 is 9.35. The number of rotatable bonds is 7. The fourth-order valence-corrected chi connectivity index (χ4v) is 0.865. The minimum absolute atomic E-state index is 0.0819. The summed E-state index contributed by atoms with van der Waals surface area (Å²) in [5.74, 6) is -1.15. The summed E-state index contributed by atoms with van der Waals surface area (Å²) >= 11 is 2.94. The molecular weight excluding hydrogens is 268 g/mol. The lowest BCUT2D eigenvalue weighted by Gasteiger charge is -2.22. The zero-order valence-corrected chi connectivity index (χ0v) is 10.8. The smallest absolute Gasteiger partial charge is 0.423 e. The van der Waals surface area contributed by atoms with E-state index >= 15 is 0 Å². The van der Waals surface area contributed by atoms with E-state index in [0.717, 1.165) is 12.8 Å². The zero-order chi connectivity index (χ0) is 11.7. The van der Waals surface area contributed by atoms with Crippen molar-refractivity contribution in [2.75, 3.05) is 12.1 Å². The highest BCUT2D eigenvalue weighted by atomic mass is 79.9. The second-order valence-electron chi connectivity index (χ2n) is 3.26. The third kappa shape index (κ3) is 8.65. The predicted octanol–water partition coefficient (Wildman–Crippen LogP) is 2.98. The van der Waals surface area contributed by atoms with Gasteiger partial charge in [-0.2, -0.15) is 4.89 Å². The molecule has 0 spiro atoms. The highest BCUT2D eigenvalue weighted by Crippen LogP contribution is 2.13. The number of unbranched alkanes of at least 4 members (excludes halogenated alkanes) is 1. The van der Waals surface area contributed by atoms with Gasteiger partial charge < -0.3 is 9.47 Å². The van der Waals surface area contributed by atoms with Gasteiger partial charge in [-0.1, -0.05) is 13.3 Å². The van der Waals surface area contributed by atoms with Gasteiger partial charge in [-0.3, -0.25) is 0 Å². The van der Waals surface area contributed by atoms with Gasteiger partial charge in [-0.15, -0.1) is 0 Å². The zero-order valence-electron chi connectivity index (χ0n) is 9.25. The third-order valence-electron chi connectivity index (χ3n) is 1.34. The van der Waals surface area contributed by atoms with Crippen molar-refractivity contribution in [3.8, 4) is 0 Å². The van der Waals surface area contributed by atoms with E-state index in [0.29, 0.717) is 6.61 Å². The van der Waals surface area contributed by atoms with Crippen molar-refractivity contribution in [1.82, 2.24) is 0 Å². The summed E-state index contributed by atoms with van der Waals surface area (Å²) in [5.41, 5.74) is 0.0819. The highest BCUT2D eigenvalue weighted by Gasteiger charge is 2.25. The molecule has 0 heterocycles. The maximum atomic E-state index is 10.9. The summed E-state index contributed by atoms with van der Waals surface area (Å²) in [6.45, 7) is 5.64. The highest BCUT2D eigenvalue weighted by molar-refractivity contribution is 9.09. The minimum atomic E-state index is -1.15. The van der Waals surface area contributed by atoms with Gasteiger partial charge in [0.05, 0.1) is 6.61 Å². The molecule has 0 radical (unpaired) electrons. The molecule has 0 N–H and O–H groups in total. The van der Waals surface area contributed by atoms with Gasteiger partial charge in [-0.05, 0) is 22.4 Å². The lowest BCUT2D eigenvalue weighted by molar-refractivity contribution is -0.407. The standard InChI is InChI=1S/C9H17BrO5/c1-4-5-6-13-15-9(2,3)14-8(11)12-7-10/h4-7H2,1-3H3. The van der Waals surface area contributed by atoms with Crippen LogP contribution in [0.25, 0.3) is 0 Å². The van der Waals surface area contributed by atoms with Gasteiger partial charge >= 0.3 is 6.16 Å². The van der Waals surface area contributed by atoms with Crippen molar-refractivity contribution in [1.29, 1.82) is 0 Å². The summed E-state index contributed by atoms with van der Waals surface area (Å²) in [5, 5.41) is 0. The average molecular weight is 285 g/mol. The van der Waals surface area contributed by atoms with Crippen LogP contribution < -0.4 is 0 Å². The van der Waals surface area contributed by atoms with Crippen molar-refractivity contribution in [2.24, 2.45) is 0 Å². The van der Waals surface area contributed by atoms with Gasteiger partial charge in [0, 0.05) is 13.8 Å². The number of ether oxygens (including phenoxy) is 2. The van der Waals surface area contributed by atoms with Crippen LogP contribution in [0, 0.1) is 0 Å². The minimum Gasteiger partial charge on any atom is -0.423 e. The number of halogens is 1. The number of carbonyl (C=O) groups is 1. The van der Waals surface area contributed by atoms with E-state index in [1.165, 1.54) is 0 Å². The Balaban J connectivity index is 3.70.